The molecule has 0 radical (unpaired) electrons. The number of Topliss-reactive ketones (excluding diaryl/α,β-unsaturated/α-hetero) is 1. The fraction of sp³-hybridized carbons (Fsp3) is 0.500. The molecule has 3 heteroatoms. The number of carbonyl (C=O) groups excluding carboxylic acids is 2. The van der Waals surface area contributed by atoms with Crippen LogP contribution in [0.2, 0.25) is 0 Å². The van der Waals surface area contributed by atoms with Gasteiger partial charge in [0.15, 0.2) is 0 Å². The number of nitrogens with zero attached hydrogens (tertiary/aromatic N) is 1. The van der Waals surface area contributed by atoms with Crippen LogP contribution in [0.4, 0.5) is 0 Å². The fourth-order valence-corrected chi connectivity index (χ4v) is 2.69. The van der Waals surface area contributed by atoms with E-state index in [1.807, 2.05) is 36.9 Å². The minimum atomic E-state index is 0.0619. The summed E-state index contributed by atoms with van der Waals surface area (Å²) in [5.74, 6) is 0.219. The normalized spacial score (nSPS) is 18.7. The van der Waals surface area contributed by atoms with Crippen LogP contribution in [0.15, 0.2) is 18.2 Å². The van der Waals surface area contributed by atoms with E-state index in [9.17, 15) is 9.59 Å². The molecule has 1 fully saturated rings. The summed E-state index contributed by atoms with van der Waals surface area (Å²) in [5.41, 5.74) is 3.06. The highest BCUT2D eigenvalue weighted by Crippen LogP contribution is 2.23. The summed E-state index contributed by atoms with van der Waals surface area (Å²) < 4.78 is 0. The standard InChI is InChI=1S/C16H21NO2/c1-11-6-7-14(9-12(11)2)16(19)17-8-4-5-15(17)10-13(3)18/h6-7,9,15H,4-5,8,10H2,1-3H3. The average Bonchev–Trinajstić information content (AvgIpc) is 2.79. The smallest absolute Gasteiger partial charge is 0.254 e. The number of amides is 1. The molecule has 1 aromatic carbocycles. The number of likely N-dealkylation sites (tertiary alicyclic amines) is 1. The van der Waals surface area contributed by atoms with E-state index in [0.717, 1.165) is 30.5 Å². The van der Waals surface area contributed by atoms with Crippen molar-refractivity contribution in [3.05, 3.63) is 34.9 Å². The largest absolute Gasteiger partial charge is 0.335 e. The Bertz CT molecular complexity index is 507. The number of rotatable bonds is 3. The third kappa shape index (κ3) is 3.03. The van der Waals surface area contributed by atoms with Gasteiger partial charge in [-0.05, 0) is 56.9 Å². The van der Waals surface area contributed by atoms with Gasteiger partial charge in [-0.1, -0.05) is 6.07 Å². The highest BCUT2D eigenvalue weighted by molar-refractivity contribution is 5.95. The van der Waals surface area contributed by atoms with Crippen molar-refractivity contribution in [2.45, 2.75) is 46.1 Å². The first-order chi connectivity index (χ1) is 8.99. The molecule has 0 aromatic heterocycles. The van der Waals surface area contributed by atoms with Crippen molar-refractivity contribution in [3.63, 3.8) is 0 Å². The quantitative estimate of drug-likeness (QED) is 0.837. The lowest BCUT2D eigenvalue weighted by Gasteiger charge is -2.24. The minimum absolute atomic E-state index is 0.0619. The molecule has 1 aliphatic rings. The number of aryl methyl sites for hydroxylation is 2. The van der Waals surface area contributed by atoms with Crippen LogP contribution in [-0.2, 0) is 4.79 Å². The third-order valence-electron chi connectivity index (χ3n) is 3.91. The van der Waals surface area contributed by atoms with Crippen molar-refractivity contribution in [1.82, 2.24) is 4.90 Å². The molecule has 1 atom stereocenters. The van der Waals surface area contributed by atoms with Gasteiger partial charge in [0.1, 0.15) is 5.78 Å². The maximum atomic E-state index is 12.5. The lowest BCUT2D eigenvalue weighted by Crippen LogP contribution is -2.36. The van der Waals surface area contributed by atoms with Gasteiger partial charge in [0.2, 0.25) is 0 Å². The Hall–Kier alpha value is -1.64. The van der Waals surface area contributed by atoms with E-state index in [4.69, 9.17) is 0 Å². The Kier molecular flexibility index (Phi) is 4.03. The lowest BCUT2D eigenvalue weighted by molar-refractivity contribution is -0.117. The Balaban J connectivity index is 2.18. The summed E-state index contributed by atoms with van der Waals surface area (Å²) in [6.45, 7) is 6.42. The van der Waals surface area contributed by atoms with Gasteiger partial charge in [0.25, 0.3) is 5.91 Å². The molecule has 19 heavy (non-hydrogen) atoms. The molecular formula is C16H21NO2. The molecule has 0 bridgehead atoms. The summed E-state index contributed by atoms with van der Waals surface area (Å²) in [7, 11) is 0. The molecule has 2 rings (SSSR count). The summed E-state index contributed by atoms with van der Waals surface area (Å²) in [4.78, 5) is 25.6. The molecule has 1 amide bonds. The van der Waals surface area contributed by atoms with Crippen molar-refractivity contribution in [1.29, 1.82) is 0 Å². The van der Waals surface area contributed by atoms with Crippen LogP contribution in [0, 0.1) is 13.8 Å². The molecular weight excluding hydrogens is 238 g/mol. The Morgan fingerprint density at radius 3 is 2.63 bits per heavy atom. The molecule has 102 valence electrons. The molecule has 1 heterocycles. The number of ketones is 1. The van der Waals surface area contributed by atoms with Crippen LogP contribution in [0.25, 0.3) is 0 Å². The van der Waals surface area contributed by atoms with Gasteiger partial charge in [0, 0.05) is 24.6 Å². The Morgan fingerprint density at radius 2 is 2.00 bits per heavy atom. The second-order valence-electron chi connectivity index (χ2n) is 5.50. The van der Waals surface area contributed by atoms with E-state index >= 15 is 0 Å². The van der Waals surface area contributed by atoms with E-state index in [1.54, 1.807) is 6.92 Å². The summed E-state index contributed by atoms with van der Waals surface area (Å²) in [6, 6.07) is 5.90. The summed E-state index contributed by atoms with van der Waals surface area (Å²) in [5, 5.41) is 0. The van der Waals surface area contributed by atoms with E-state index in [0.29, 0.717) is 6.42 Å². The SMILES string of the molecule is CC(=O)CC1CCCN1C(=O)c1ccc(C)c(C)c1. The monoisotopic (exact) mass is 259 g/mol. The van der Waals surface area contributed by atoms with Crippen molar-refractivity contribution in [3.8, 4) is 0 Å². The van der Waals surface area contributed by atoms with Gasteiger partial charge < -0.3 is 4.90 Å². The van der Waals surface area contributed by atoms with Gasteiger partial charge in [-0.3, -0.25) is 9.59 Å². The summed E-state index contributed by atoms with van der Waals surface area (Å²) in [6.07, 6.45) is 2.42. The lowest BCUT2D eigenvalue weighted by atomic mass is 10.0. The van der Waals surface area contributed by atoms with E-state index in [1.165, 1.54) is 5.56 Å². The predicted octanol–water partition coefficient (Wildman–Crippen LogP) is 2.89. The fourth-order valence-electron chi connectivity index (χ4n) is 2.69. The van der Waals surface area contributed by atoms with Crippen LogP contribution in [0.3, 0.4) is 0 Å². The van der Waals surface area contributed by atoms with E-state index in [2.05, 4.69) is 0 Å². The van der Waals surface area contributed by atoms with Crippen molar-refractivity contribution < 1.29 is 9.59 Å². The van der Waals surface area contributed by atoms with Crippen LogP contribution < -0.4 is 0 Å². The zero-order valence-electron chi connectivity index (χ0n) is 11.9. The molecule has 1 saturated heterocycles. The first-order valence-electron chi connectivity index (χ1n) is 6.86. The number of hydrogen-bond acceptors (Lipinski definition) is 2. The average molecular weight is 259 g/mol. The molecule has 0 spiro atoms. The minimum Gasteiger partial charge on any atom is -0.335 e. The second kappa shape index (κ2) is 5.55. The zero-order chi connectivity index (χ0) is 14.0. The molecule has 1 unspecified atom stereocenters. The van der Waals surface area contributed by atoms with Crippen LogP contribution in [0.1, 0.15) is 47.7 Å². The predicted molar refractivity (Wildman–Crippen MR) is 75.3 cm³/mol. The topological polar surface area (TPSA) is 37.4 Å². The van der Waals surface area contributed by atoms with Gasteiger partial charge in [0.05, 0.1) is 0 Å². The summed E-state index contributed by atoms with van der Waals surface area (Å²) >= 11 is 0. The highest BCUT2D eigenvalue weighted by Gasteiger charge is 2.30. The number of carbonyl (C=O) groups is 2. The van der Waals surface area contributed by atoms with Crippen molar-refractivity contribution >= 4 is 11.7 Å². The van der Waals surface area contributed by atoms with Crippen LogP contribution >= 0.6 is 0 Å². The molecule has 1 aliphatic heterocycles. The zero-order valence-corrected chi connectivity index (χ0v) is 11.9. The van der Waals surface area contributed by atoms with Crippen molar-refractivity contribution in [2.24, 2.45) is 0 Å². The first kappa shape index (κ1) is 13.8. The number of benzene rings is 1. The van der Waals surface area contributed by atoms with Gasteiger partial charge in [-0.15, -0.1) is 0 Å². The first-order valence-corrected chi connectivity index (χ1v) is 6.86. The molecule has 3 nitrogen and oxygen atoms in total. The maximum absolute atomic E-state index is 12.5. The molecule has 0 aliphatic carbocycles. The van der Waals surface area contributed by atoms with Crippen LogP contribution in [-0.4, -0.2) is 29.2 Å². The van der Waals surface area contributed by atoms with Crippen molar-refractivity contribution in [2.75, 3.05) is 6.54 Å². The third-order valence-corrected chi connectivity index (χ3v) is 3.91. The van der Waals surface area contributed by atoms with Crippen LogP contribution in [0.5, 0.6) is 0 Å². The highest BCUT2D eigenvalue weighted by atomic mass is 16.2. The molecule has 0 N–H and O–H groups in total. The van der Waals surface area contributed by atoms with Gasteiger partial charge >= 0.3 is 0 Å². The molecule has 1 aromatic rings. The van der Waals surface area contributed by atoms with E-state index in [-0.39, 0.29) is 17.7 Å². The Labute approximate surface area is 114 Å². The Morgan fingerprint density at radius 1 is 1.26 bits per heavy atom. The van der Waals surface area contributed by atoms with Gasteiger partial charge in [-0.2, -0.15) is 0 Å². The second-order valence-corrected chi connectivity index (χ2v) is 5.50. The molecule has 0 saturated carbocycles. The number of hydrogen-bond donors (Lipinski definition) is 0. The maximum Gasteiger partial charge on any atom is 0.254 e. The van der Waals surface area contributed by atoms with Gasteiger partial charge in [-0.25, -0.2) is 0 Å². The van der Waals surface area contributed by atoms with E-state index < -0.39 is 0 Å².